The minimum absolute atomic E-state index is 0.0349. The van der Waals surface area contributed by atoms with Crippen molar-refractivity contribution in [2.45, 2.75) is 19.1 Å². The van der Waals surface area contributed by atoms with Crippen molar-refractivity contribution in [1.82, 2.24) is 5.32 Å². The first kappa shape index (κ1) is 23.5. The van der Waals surface area contributed by atoms with Gasteiger partial charge in [0.25, 0.3) is 0 Å². The second-order valence-electron chi connectivity index (χ2n) is 7.49. The summed E-state index contributed by atoms with van der Waals surface area (Å²) in [4.78, 5) is 11.7. The molecule has 0 radical (unpaired) electrons. The summed E-state index contributed by atoms with van der Waals surface area (Å²) in [6.07, 6.45) is -4.45. The molecule has 33 heavy (non-hydrogen) atoms. The van der Waals surface area contributed by atoms with E-state index in [0.29, 0.717) is 29.8 Å². The molecule has 3 nitrogen and oxygen atoms in total. The average Bonchev–Trinajstić information content (AvgIpc) is 3.11. The number of alkyl halides is 3. The van der Waals surface area contributed by atoms with E-state index in [9.17, 15) is 18.0 Å². The largest absolute Gasteiger partial charge is 0.481 e. The fraction of sp³-hybridized carbons (Fsp3) is 0.160. The summed E-state index contributed by atoms with van der Waals surface area (Å²) in [6, 6.07) is 18.6. The Balaban J connectivity index is 1.68. The van der Waals surface area contributed by atoms with Crippen molar-refractivity contribution in [2.24, 2.45) is 0 Å². The molecule has 0 atom stereocenters. The maximum absolute atomic E-state index is 13.9. The van der Waals surface area contributed by atoms with E-state index in [0.717, 1.165) is 19.4 Å². The molecule has 4 aromatic rings. The number of halogens is 4. The molecule has 2 N–H and O–H groups in total. The Bertz CT molecular complexity index is 1300. The van der Waals surface area contributed by atoms with Crippen LogP contribution in [0.2, 0.25) is 0 Å². The highest BCUT2D eigenvalue weighted by atomic mass is 79.9. The number of benzene rings is 3. The van der Waals surface area contributed by atoms with Crippen LogP contribution in [-0.2, 0) is 17.5 Å². The van der Waals surface area contributed by atoms with Gasteiger partial charge in [-0.1, -0.05) is 48.5 Å². The van der Waals surface area contributed by atoms with Gasteiger partial charge >= 0.3 is 12.1 Å². The molecule has 0 aliphatic carbocycles. The molecule has 0 fully saturated rings. The van der Waals surface area contributed by atoms with Gasteiger partial charge in [0.15, 0.2) is 0 Å². The summed E-state index contributed by atoms with van der Waals surface area (Å²) < 4.78 is 43.6. The standard InChI is InChI=1S/C25H19BrF3NO2S/c26-24-19-12-16(7-9-21(19)33-22(24)14-30-11-10-23(31)32)17-6-8-18(15-4-2-1-3-5-15)20(13-17)25(27,28)29/h1-9,12-13,30H,10-11,14H2,(H,31,32). The predicted octanol–water partition coefficient (Wildman–Crippen LogP) is 7.58. The van der Waals surface area contributed by atoms with E-state index in [1.807, 2.05) is 18.2 Å². The van der Waals surface area contributed by atoms with Crippen molar-refractivity contribution in [3.8, 4) is 22.3 Å². The van der Waals surface area contributed by atoms with Gasteiger partial charge in [-0.2, -0.15) is 13.2 Å². The SMILES string of the molecule is O=C(O)CCNCc1sc2ccc(-c3ccc(-c4ccccc4)c(C(F)(F)F)c3)cc2c1Br. The molecule has 8 heteroatoms. The molecule has 0 unspecified atom stereocenters. The summed E-state index contributed by atoms with van der Waals surface area (Å²) >= 11 is 5.16. The van der Waals surface area contributed by atoms with Crippen LogP contribution in [0, 0.1) is 0 Å². The van der Waals surface area contributed by atoms with Crippen LogP contribution in [0.15, 0.2) is 71.2 Å². The highest BCUT2D eigenvalue weighted by Gasteiger charge is 2.34. The lowest BCUT2D eigenvalue weighted by Crippen LogP contribution is -2.17. The third-order valence-corrected chi connectivity index (χ3v) is 7.58. The lowest BCUT2D eigenvalue weighted by atomic mass is 9.94. The van der Waals surface area contributed by atoms with Crippen LogP contribution in [0.4, 0.5) is 13.2 Å². The number of fused-ring (bicyclic) bond motifs is 1. The van der Waals surface area contributed by atoms with Gasteiger partial charge in [0.1, 0.15) is 0 Å². The van der Waals surface area contributed by atoms with E-state index in [1.54, 1.807) is 47.7 Å². The van der Waals surface area contributed by atoms with Gasteiger partial charge in [-0.15, -0.1) is 11.3 Å². The third-order valence-electron chi connectivity index (χ3n) is 5.24. The Hall–Kier alpha value is -2.68. The van der Waals surface area contributed by atoms with Crippen molar-refractivity contribution in [3.05, 3.63) is 81.6 Å². The molecular weight excluding hydrogens is 515 g/mol. The lowest BCUT2D eigenvalue weighted by molar-refractivity contribution is -0.137. The van der Waals surface area contributed by atoms with Crippen LogP contribution in [-0.4, -0.2) is 17.6 Å². The van der Waals surface area contributed by atoms with Gasteiger partial charge in [-0.3, -0.25) is 4.79 Å². The molecular formula is C25H19BrF3NO2S. The highest BCUT2D eigenvalue weighted by molar-refractivity contribution is 9.10. The van der Waals surface area contributed by atoms with Crippen molar-refractivity contribution in [1.29, 1.82) is 0 Å². The Morgan fingerprint density at radius 3 is 2.36 bits per heavy atom. The first-order chi connectivity index (χ1) is 15.7. The number of hydrogen-bond acceptors (Lipinski definition) is 3. The van der Waals surface area contributed by atoms with E-state index in [1.165, 1.54) is 12.1 Å². The highest BCUT2D eigenvalue weighted by Crippen LogP contribution is 2.41. The fourth-order valence-electron chi connectivity index (χ4n) is 3.64. The second kappa shape index (κ2) is 9.67. The molecule has 1 aromatic heterocycles. The number of aliphatic carboxylic acids is 1. The molecule has 0 amide bonds. The van der Waals surface area contributed by atoms with Crippen molar-refractivity contribution in [3.63, 3.8) is 0 Å². The molecule has 0 aliphatic rings. The number of nitrogens with one attached hydrogen (secondary N) is 1. The first-order valence-corrected chi connectivity index (χ1v) is 11.8. The molecule has 0 aliphatic heterocycles. The number of carbonyl (C=O) groups is 1. The Kier molecular flexibility index (Phi) is 6.88. The van der Waals surface area contributed by atoms with Crippen LogP contribution in [0.5, 0.6) is 0 Å². The molecule has 0 saturated carbocycles. The number of rotatable bonds is 7. The van der Waals surface area contributed by atoms with Gasteiger partial charge in [0.2, 0.25) is 0 Å². The Labute approximate surface area is 201 Å². The average molecular weight is 534 g/mol. The van der Waals surface area contributed by atoms with Crippen LogP contribution in [0.25, 0.3) is 32.3 Å². The molecule has 0 bridgehead atoms. The molecule has 0 spiro atoms. The van der Waals surface area contributed by atoms with Crippen LogP contribution in [0.3, 0.4) is 0 Å². The third kappa shape index (κ3) is 5.29. The number of thiophene rings is 1. The van der Waals surface area contributed by atoms with E-state index in [-0.39, 0.29) is 12.0 Å². The number of hydrogen-bond donors (Lipinski definition) is 2. The first-order valence-electron chi connectivity index (χ1n) is 10.1. The normalized spacial score (nSPS) is 11.8. The van der Waals surface area contributed by atoms with E-state index >= 15 is 0 Å². The second-order valence-corrected chi connectivity index (χ2v) is 9.42. The number of carboxylic acids is 1. The summed E-state index contributed by atoms with van der Waals surface area (Å²) in [5.41, 5.74) is 1.19. The van der Waals surface area contributed by atoms with Crippen LogP contribution in [0.1, 0.15) is 16.9 Å². The Morgan fingerprint density at radius 2 is 1.67 bits per heavy atom. The molecule has 0 saturated heterocycles. The fourth-order valence-corrected chi connectivity index (χ4v) is 5.53. The predicted molar refractivity (Wildman–Crippen MR) is 129 cm³/mol. The quantitative estimate of drug-likeness (QED) is 0.241. The van der Waals surface area contributed by atoms with E-state index < -0.39 is 17.7 Å². The summed E-state index contributed by atoms with van der Waals surface area (Å²) in [7, 11) is 0. The minimum Gasteiger partial charge on any atom is -0.481 e. The van der Waals surface area contributed by atoms with Gasteiger partial charge in [-0.05, 0) is 56.4 Å². The molecule has 1 heterocycles. The van der Waals surface area contributed by atoms with Gasteiger partial charge in [0.05, 0.1) is 12.0 Å². The van der Waals surface area contributed by atoms with Crippen LogP contribution < -0.4 is 5.32 Å². The van der Waals surface area contributed by atoms with Gasteiger partial charge < -0.3 is 10.4 Å². The smallest absolute Gasteiger partial charge is 0.417 e. The molecule has 3 aromatic carbocycles. The summed E-state index contributed by atoms with van der Waals surface area (Å²) in [5.74, 6) is -0.862. The summed E-state index contributed by atoms with van der Waals surface area (Å²) in [5, 5.41) is 12.8. The maximum Gasteiger partial charge on any atom is 0.417 e. The van der Waals surface area contributed by atoms with E-state index in [4.69, 9.17) is 5.11 Å². The minimum atomic E-state index is -4.48. The van der Waals surface area contributed by atoms with Crippen molar-refractivity contribution < 1.29 is 23.1 Å². The maximum atomic E-state index is 13.9. The Morgan fingerprint density at radius 1 is 0.970 bits per heavy atom. The zero-order chi connectivity index (χ0) is 23.6. The number of carboxylic acid groups (broad SMARTS) is 1. The van der Waals surface area contributed by atoms with Crippen LogP contribution >= 0.6 is 27.3 Å². The van der Waals surface area contributed by atoms with Gasteiger partial charge in [0, 0.05) is 32.5 Å². The lowest BCUT2D eigenvalue weighted by Gasteiger charge is -2.15. The van der Waals surface area contributed by atoms with E-state index in [2.05, 4.69) is 21.2 Å². The monoisotopic (exact) mass is 533 g/mol. The zero-order valence-corrected chi connectivity index (χ0v) is 19.7. The topological polar surface area (TPSA) is 49.3 Å². The molecule has 170 valence electrons. The van der Waals surface area contributed by atoms with Gasteiger partial charge in [-0.25, -0.2) is 0 Å². The zero-order valence-electron chi connectivity index (χ0n) is 17.2. The van der Waals surface area contributed by atoms with Crippen molar-refractivity contribution in [2.75, 3.05) is 6.54 Å². The van der Waals surface area contributed by atoms with Crippen molar-refractivity contribution >= 4 is 43.3 Å². The molecule has 4 rings (SSSR count). The summed E-state index contributed by atoms with van der Waals surface area (Å²) in [6.45, 7) is 0.863.